The minimum atomic E-state index is -1.06. The summed E-state index contributed by atoms with van der Waals surface area (Å²) in [6.07, 6.45) is -1.06. The number of halogens is 1. The molecule has 2 rings (SSSR count). The molecule has 0 bridgehead atoms. The van der Waals surface area contributed by atoms with Crippen LogP contribution in [0.1, 0.15) is 12.0 Å². The van der Waals surface area contributed by atoms with E-state index in [1.54, 1.807) is 0 Å². The van der Waals surface area contributed by atoms with E-state index >= 15 is 0 Å². The van der Waals surface area contributed by atoms with E-state index in [1.165, 1.54) is 24.3 Å². The second-order valence-corrected chi connectivity index (χ2v) is 3.35. The molecule has 1 unspecified atom stereocenters. The largest absolute Gasteiger partial charge is 0.434 e. The third-order valence-corrected chi connectivity index (χ3v) is 2.08. The van der Waals surface area contributed by atoms with Crippen LogP contribution in [0.4, 0.5) is 10.1 Å². The molecule has 2 aromatic rings. The normalized spacial score (nSPS) is 12.4. The Bertz CT molecular complexity index is 534. The van der Waals surface area contributed by atoms with Gasteiger partial charge in [0, 0.05) is 12.2 Å². The van der Waals surface area contributed by atoms with Crippen LogP contribution in [-0.2, 0) is 0 Å². The molecule has 0 radical (unpaired) electrons. The van der Waals surface area contributed by atoms with E-state index in [-0.39, 0.29) is 18.3 Å². The fourth-order valence-corrected chi connectivity index (χ4v) is 1.25. The first-order valence-corrected chi connectivity index (χ1v) is 4.88. The number of aliphatic hydroxyl groups is 1. The number of hydrogen-bond donors (Lipinski definition) is 3. The van der Waals surface area contributed by atoms with E-state index < -0.39 is 11.9 Å². The Morgan fingerprint density at radius 3 is 2.76 bits per heavy atom. The van der Waals surface area contributed by atoms with Crippen molar-refractivity contribution in [2.45, 2.75) is 6.10 Å². The van der Waals surface area contributed by atoms with Gasteiger partial charge < -0.3 is 14.8 Å². The summed E-state index contributed by atoms with van der Waals surface area (Å²) < 4.78 is 17.2. The van der Waals surface area contributed by atoms with Crippen LogP contribution in [0.15, 0.2) is 33.5 Å². The number of benzene rings is 1. The molecule has 90 valence electrons. The molecule has 0 saturated carbocycles. The predicted octanol–water partition coefficient (Wildman–Crippen LogP) is 0.647. The zero-order valence-electron chi connectivity index (χ0n) is 8.68. The maximum absolute atomic E-state index is 12.6. The molecule has 1 heterocycles. The third kappa shape index (κ3) is 2.91. The first-order valence-electron chi connectivity index (χ1n) is 4.88. The van der Waals surface area contributed by atoms with Crippen molar-refractivity contribution >= 4 is 5.69 Å². The van der Waals surface area contributed by atoms with E-state index in [2.05, 4.69) is 14.8 Å². The van der Waals surface area contributed by atoms with Crippen LogP contribution in [0.2, 0.25) is 0 Å². The van der Waals surface area contributed by atoms with Crippen molar-refractivity contribution in [3.63, 3.8) is 0 Å². The lowest BCUT2D eigenvalue weighted by atomic mass is 10.3. The number of nitrogens with one attached hydrogen (secondary N) is 2. The molecule has 0 spiro atoms. The number of anilines is 1. The highest BCUT2D eigenvalue weighted by Crippen LogP contribution is 2.11. The van der Waals surface area contributed by atoms with Gasteiger partial charge in [-0.25, -0.2) is 14.3 Å². The fraction of sp³-hybridized carbons (Fsp3) is 0.200. The second kappa shape index (κ2) is 4.79. The summed E-state index contributed by atoms with van der Waals surface area (Å²) in [5.41, 5.74) is 0.642. The van der Waals surface area contributed by atoms with Gasteiger partial charge in [0.25, 0.3) is 0 Å². The van der Waals surface area contributed by atoms with Crippen molar-refractivity contribution in [2.24, 2.45) is 0 Å². The van der Waals surface area contributed by atoms with Gasteiger partial charge in [0.15, 0.2) is 0 Å². The van der Waals surface area contributed by atoms with Crippen molar-refractivity contribution in [1.82, 2.24) is 10.2 Å². The maximum atomic E-state index is 12.6. The van der Waals surface area contributed by atoms with Crippen LogP contribution in [-0.4, -0.2) is 21.8 Å². The molecule has 7 heteroatoms. The molecule has 0 aliphatic rings. The van der Waals surface area contributed by atoms with Gasteiger partial charge in [-0.1, -0.05) is 0 Å². The second-order valence-electron chi connectivity index (χ2n) is 3.35. The lowest BCUT2D eigenvalue weighted by Crippen LogP contribution is -2.12. The van der Waals surface area contributed by atoms with Gasteiger partial charge in [0.05, 0.1) is 0 Å². The zero-order chi connectivity index (χ0) is 12.3. The van der Waals surface area contributed by atoms with Gasteiger partial charge >= 0.3 is 5.76 Å². The van der Waals surface area contributed by atoms with Gasteiger partial charge in [-0.2, -0.15) is 0 Å². The Kier molecular flexibility index (Phi) is 3.20. The number of aromatic nitrogens is 2. The molecule has 0 saturated heterocycles. The standard InChI is InChI=1S/C10H10FN3O3/c11-6-1-3-7(4-2-6)12-5-8(15)9-13-14-10(16)17-9/h1-4,8,12,15H,5H2,(H,14,16). The minimum Gasteiger partial charge on any atom is -0.390 e. The highest BCUT2D eigenvalue weighted by atomic mass is 19.1. The summed E-state index contributed by atoms with van der Waals surface area (Å²) in [5.74, 6) is -1.15. The first kappa shape index (κ1) is 11.3. The molecule has 6 nitrogen and oxygen atoms in total. The Labute approximate surface area is 95.1 Å². The smallest absolute Gasteiger partial charge is 0.390 e. The van der Waals surface area contributed by atoms with Gasteiger partial charge in [-0.3, -0.25) is 0 Å². The monoisotopic (exact) mass is 239 g/mol. The molecule has 1 aromatic carbocycles. The third-order valence-electron chi connectivity index (χ3n) is 2.08. The zero-order valence-corrected chi connectivity index (χ0v) is 8.68. The van der Waals surface area contributed by atoms with Gasteiger partial charge in [0.1, 0.15) is 11.9 Å². The van der Waals surface area contributed by atoms with E-state index in [0.717, 1.165) is 0 Å². The Morgan fingerprint density at radius 1 is 1.47 bits per heavy atom. The number of nitrogens with zero attached hydrogens (tertiary/aromatic N) is 1. The van der Waals surface area contributed by atoms with Crippen LogP contribution < -0.4 is 11.1 Å². The number of aromatic amines is 1. The highest BCUT2D eigenvalue weighted by Gasteiger charge is 2.13. The molecular weight excluding hydrogens is 229 g/mol. The number of H-pyrrole nitrogens is 1. The molecule has 1 atom stereocenters. The van der Waals surface area contributed by atoms with Crippen molar-refractivity contribution < 1.29 is 13.9 Å². The summed E-state index contributed by atoms with van der Waals surface area (Å²) in [6, 6.07) is 5.65. The Balaban J connectivity index is 1.94. The van der Waals surface area contributed by atoms with Crippen LogP contribution >= 0.6 is 0 Å². The summed E-state index contributed by atoms with van der Waals surface area (Å²) in [4.78, 5) is 10.6. The van der Waals surface area contributed by atoms with Crippen molar-refractivity contribution in [2.75, 3.05) is 11.9 Å². The number of aliphatic hydroxyl groups excluding tert-OH is 1. The van der Waals surface area contributed by atoms with Gasteiger partial charge in [0.2, 0.25) is 5.89 Å². The molecule has 1 aromatic heterocycles. The van der Waals surface area contributed by atoms with Crippen molar-refractivity contribution in [1.29, 1.82) is 0 Å². The quantitative estimate of drug-likeness (QED) is 0.728. The fourth-order valence-electron chi connectivity index (χ4n) is 1.25. The summed E-state index contributed by atoms with van der Waals surface area (Å²) in [5, 5.41) is 18.0. The summed E-state index contributed by atoms with van der Waals surface area (Å²) in [7, 11) is 0. The topological polar surface area (TPSA) is 91.2 Å². The minimum absolute atomic E-state index is 0.0930. The molecule has 0 aliphatic heterocycles. The predicted molar refractivity (Wildman–Crippen MR) is 57.0 cm³/mol. The van der Waals surface area contributed by atoms with Crippen LogP contribution in [0, 0.1) is 5.82 Å². The van der Waals surface area contributed by atoms with Gasteiger partial charge in [-0.15, -0.1) is 5.10 Å². The van der Waals surface area contributed by atoms with E-state index in [9.17, 15) is 14.3 Å². The molecule has 17 heavy (non-hydrogen) atoms. The molecule has 0 fully saturated rings. The SMILES string of the molecule is O=c1[nH]nc(C(O)CNc2ccc(F)cc2)o1. The highest BCUT2D eigenvalue weighted by molar-refractivity contribution is 5.42. The van der Waals surface area contributed by atoms with E-state index in [4.69, 9.17) is 0 Å². The average Bonchev–Trinajstić information content (AvgIpc) is 2.75. The van der Waals surface area contributed by atoms with E-state index in [1.807, 2.05) is 5.10 Å². The van der Waals surface area contributed by atoms with Gasteiger partial charge in [-0.05, 0) is 24.3 Å². The molecule has 3 N–H and O–H groups in total. The lowest BCUT2D eigenvalue weighted by molar-refractivity contribution is 0.154. The molecule has 0 amide bonds. The number of rotatable bonds is 4. The Hall–Kier alpha value is -2.15. The lowest BCUT2D eigenvalue weighted by Gasteiger charge is -2.08. The summed E-state index contributed by atoms with van der Waals surface area (Å²) >= 11 is 0. The van der Waals surface area contributed by atoms with E-state index in [0.29, 0.717) is 5.69 Å². The molecular formula is C10H10FN3O3. The number of hydrogen-bond acceptors (Lipinski definition) is 5. The van der Waals surface area contributed by atoms with Crippen molar-refractivity contribution in [3.8, 4) is 0 Å². The summed E-state index contributed by atoms with van der Waals surface area (Å²) in [6.45, 7) is 0.0967. The van der Waals surface area contributed by atoms with Crippen LogP contribution in [0.5, 0.6) is 0 Å². The Morgan fingerprint density at radius 2 is 2.18 bits per heavy atom. The van der Waals surface area contributed by atoms with Crippen LogP contribution in [0.25, 0.3) is 0 Å². The first-order chi connectivity index (χ1) is 8.15. The van der Waals surface area contributed by atoms with Crippen LogP contribution in [0.3, 0.4) is 0 Å². The van der Waals surface area contributed by atoms with Crippen molar-refractivity contribution in [3.05, 3.63) is 46.5 Å². The maximum Gasteiger partial charge on any atom is 0.434 e. The molecule has 0 aliphatic carbocycles. The average molecular weight is 239 g/mol.